The van der Waals surface area contributed by atoms with Gasteiger partial charge in [0.05, 0.1) is 60.5 Å². The van der Waals surface area contributed by atoms with Crippen LogP contribution in [0.1, 0.15) is 27.4 Å². The Hall–Kier alpha value is -6.40. The van der Waals surface area contributed by atoms with Crippen LogP contribution in [0.5, 0.6) is 0 Å². The molecule has 6 aromatic carbocycles. The molecular formula is C40H20N2O4. The maximum atomic E-state index is 14.6. The smallest absolute Gasteiger partial charge is 0.197 e. The number of para-hydroxylation sites is 4. The molecule has 0 radical (unpaired) electrons. The second-order valence-corrected chi connectivity index (χ2v) is 10.3. The first-order valence-corrected chi connectivity index (χ1v) is 13.4. The molecule has 0 saturated carbocycles. The fourth-order valence-electron chi connectivity index (χ4n) is 6.06. The number of nitrogens with zero attached hydrogens (tertiary/aromatic N) is 2. The molecule has 0 aliphatic rings. The van der Waals surface area contributed by atoms with Crippen molar-refractivity contribution < 1.29 is 27.4 Å². The number of hydrogen-bond acceptors (Lipinski definition) is 4. The van der Waals surface area contributed by atoms with Crippen molar-refractivity contribution in [3.8, 4) is 11.1 Å². The van der Waals surface area contributed by atoms with Crippen molar-refractivity contribution in [1.29, 1.82) is 0 Å². The van der Waals surface area contributed by atoms with Crippen LogP contribution in [0.3, 0.4) is 0 Å². The van der Waals surface area contributed by atoms with Crippen LogP contribution < -0.4 is 21.7 Å². The molecule has 4 aromatic heterocycles. The van der Waals surface area contributed by atoms with Crippen molar-refractivity contribution in [3.63, 3.8) is 0 Å². The van der Waals surface area contributed by atoms with E-state index in [0.717, 1.165) is 8.80 Å². The van der Waals surface area contributed by atoms with E-state index >= 15 is 0 Å². The predicted octanol–water partition coefficient (Wildman–Crippen LogP) is 7.09. The minimum absolute atomic E-state index is 0.675. The van der Waals surface area contributed by atoms with Crippen molar-refractivity contribution in [2.24, 2.45) is 0 Å². The van der Waals surface area contributed by atoms with E-state index in [2.05, 4.69) is 0 Å². The number of fused-ring (bicyclic) bond motifs is 8. The number of rotatable bonds is 1. The zero-order valence-electron chi connectivity index (χ0n) is 42.5. The Kier molecular flexibility index (Phi) is 2.35. The molecule has 6 nitrogen and oxygen atoms in total. The highest BCUT2D eigenvalue weighted by Crippen LogP contribution is 2.32. The second kappa shape index (κ2) is 8.61. The molecule has 0 spiro atoms. The van der Waals surface area contributed by atoms with Gasteiger partial charge in [0, 0.05) is 43.1 Å². The lowest BCUT2D eigenvalue weighted by molar-refractivity contribution is 1.30. The molecule has 0 fully saturated rings. The number of aromatic nitrogens is 2. The third kappa shape index (κ3) is 3.00. The Bertz CT molecular complexity index is 4050. The van der Waals surface area contributed by atoms with Crippen LogP contribution in [0.15, 0.2) is 140 Å². The first-order valence-electron chi connectivity index (χ1n) is 23.4. The molecule has 214 valence electrons. The molecule has 0 saturated heterocycles. The van der Waals surface area contributed by atoms with E-state index in [4.69, 9.17) is 19.2 Å². The summed E-state index contributed by atoms with van der Waals surface area (Å²) in [7, 11) is 0. The minimum atomic E-state index is -1.32. The summed E-state index contributed by atoms with van der Waals surface area (Å²) >= 11 is 0. The van der Waals surface area contributed by atoms with Crippen molar-refractivity contribution in [2.75, 3.05) is 0 Å². The molecule has 4 heterocycles. The van der Waals surface area contributed by atoms with Gasteiger partial charge in [-0.05, 0) is 83.6 Å². The van der Waals surface area contributed by atoms with Gasteiger partial charge in [-0.25, -0.2) is 0 Å². The van der Waals surface area contributed by atoms with E-state index < -0.39 is 230 Å². The Morgan fingerprint density at radius 1 is 0.348 bits per heavy atom. The topological polar surface area (TPSA) is 77.1 Å². The van der Waals surface area contributed by atoms with Crippen molar-refractivity contribution in [1.82, 2.24) is 8.80 Å². The summed E-state index contributed by atoms with van der Waals surface area (Å²) in [5.74, 6) is 0. The van der Waals surface area contributed by atoms with Gasteiger partial charge in [0.1, 0.15) is 0 Å². The summed E-state index contributed by atoms with van der Waals surface area (Å²) < 4.78 is 179. The largest absolute Gasteiger partial charge is 0.307 e. The maximum absolute atomic E-state index is 14.6. The summed E-state index contributed by atoms with van der Waals surface area (Å²) in [5, 5.41) is -6.51. The molecule has 6 heteroatoms. The molecule has 10 rings (SSSR count). The average molecular weight is 613 g/mol. The Morgan fingerprint density at radius 3 is 1.07 bits per heavy atom. The summed E-state index contributed by atoms with van der Waals surface area (Å²) in [5.41, 5.74) is -11.4. The van der Waals surface area contributed by atoms with Gasteiger partial charge in [0.15, 0.2) is 21.7 Å². The van der Waals surface area contributed by atoms with Crippen molar-refractivity contribution in [3.05, 3.63) is 162 Å². The van der Waals surface area contributed by atoms with Gasteiger partial charge in [0.2, 0.25) is 0 Å². The molecule has 0 atom stereocenters. The summed E-state index contributed by atoms with van der Waals surface area (Å²) in [6.07, 6.45) is 0. The number of hydrogen-bond donors (Lipinski definition) is 0. The van der Waals surface area contributed by atoms with Crippen LogP contribution in [-0.4, -0.2) is 8.80 Å². The van der Waals surface area contributed by atoms with Crippen LogP contribution >= 0.6 is 0 Å². The quantitative estimate of drug-likeness (QED) is 0.146. The van der Waals surface area contributed by atoms with E-state index in [-0.39, 0.29) is 0 Å². The zero-order chi connectivity index (χ0) is 48.2. The van der Waals surface area contributed by atoms with Gasteiger partial charge in [-0.2, -0.15) is 0 Å². The summed E-state index contributed by atoms with van der Waals surface area (Å²) in [4.78, 5) is 57.6. The van der Waals surface area contributed by atoms with E-state index in [1.807, 2.05) is 0 Å². The Labute approximate surface area is 286 Å². The van der Waals surface area contributed by atoms with Crippen LogP contribution in [0.4, 0.5) is 0 Å². The maximum Gasteiger partial charge on any atom is 0.197 e. The van der Waals surface area contributed by atoms with Crippen LogP contribution in [0.25, 0.3) is 87.3 Å². The van der Waals surface area contributed by atoms with Crippen LogP contribution in [0, 0.1) is 0 Å². The van der Waals surface area contributed by atoms with Gasteiger partial charge < -0.3 is 8.80 Å². The molecular weight excluding hydrogens is 572 g/mol. The van der Waals surface area contributed by atoms with Crippen molar-refractivity contribution in [2.45, 2.75) is 0 Å². The summed E-state index contributed by atoms with van der Waals surface area (Å²) in [6.45, 7) is 0. The highest BCUT2D eigenvalue weighted by atomic mass is 16.1. The van der Waals surface area contributed by atoms with Gasteiger partial charge in [-0.1, -0.05) is 48.3 Å². The van der Waals surface area contributed by atoms with Crippen molar-refractivity contribution >= 4 is 76.2 Å². The normalized spacial score (nSPS) is 18.3. The lowest BCUT2D eigenvalue weighted by atomic mass is 9.98. The van der Waals surface area contributed by atoms with Gasteiger partial charge in [-0.15, -0.1) is 0 Å². The second-order valence-electron chi connectivity index (χ2n) is 10.3. The van der Waals surface area contributed by atoms with E-state index in [1.54, 1.807) is 0 Å². The highest BCUT2D eigenvalue weighted by Gasteiger charge is 2.19. The lowest BCUT2D eigenvalue weighted by Crippen LogP contribution is -2.14. The summed E-state index contributed by atoms with van der Waals surface area (Å²) in [6, 6.07) is -19.7. The first kappa shape index (κ1) is 12.5. The molecule has 10 aromatic rings. The fraction of sp³-hybridized carbons (Fsp3) is 0. The SMILES string of the molecule is [2H]c1c([2H])c([2H])c2c(c1[2H])c(=O)c1c([2H])c([2H])c([2H])c3c(=O)c4c([2H])c([2H])c(-c5c([2H])c([2H])c6c(=O)c7c([2H])c([2H])c([2H])c8c(=O)c9c([2H])c([2H])c([2H])c([2H])c9n(c6c5[2H])c87)c([2H])c4n2c13. The van der Waals surface area contributed by atoms with E-state index in [0.29, 0.717) is 0 Å². The molecule has 0 aliphatic carbocycles. The lowest BCUT2D eigenvalue weighted by Gasteiger charge is -2.16. The Morgan fingerprint density at radius 2 is 0.674 bits per heavy atom. The molecule has 0 amide bonds. The standard InChI is InChI=1S/C40H20N2O4/c43-37-23-7-1-3-13-31(23)41-33-19-21(15-17-25(33)39(45)29-11-5-9-27(37)35(29)41)22-16-18-26-34(20-22)42-32-14-4-2-8-24(32)38(44)28-10-6-12-30(36(28)42)40(26)46/h1-20H/i1D,2D,3D,4D,5D,6D,7D,8D,9D,10D,11D,12D,13D,14D,15D,16D,17D,18D,19D,20D. The molecule has 0 aliphatic heterocycles. The Balaban J connectivity index is 1.56. The first-order chi connectivity index (χ1) is 30.9. The van der Waals surface area contributed by atoms with Gasteiger partial charge in [-0.3, -0.25) is 19.2 Å². The molecule has 0 unspecified atom stereocenters. The minimum Gasteiger partial charge on any atom is -0.307 e. The number of benzene rings is 6. The fourth-order valence-corrected chi connectivity index (χ4v) is 6.06. The molecule has 0 bridgehead atoms. The van der Waals surface area contributed by atoms with Crippen LogP contribution in [-0.2, 0) is 0 Å². The van der Waals surface area contributed by atoms with E-state index in [1.165, 1.54) is 0 Å². The molecule has 46 heavy (non-hydrogen) atoms. The van der Waals surface area contributed by atoms with E-state index in [9.17, 15) is 27.4 Å². The average Bonchev–Trinajstić information content (AvgIpc) is 3.27. The highest BCUT2D eigenvalue weighted by molar-refractivity contribution is 6.10. The third-order valence-corrected chi connectivity index (χ3v) is 8.03. The van der Waals surface area contributed by atoms with Crippen LogP contribution in [0.2, 0.25) is 0 Å². The zero-order valence-corrected chi connectivity index (χ0v) is 22.5. The number of pyridine rings is 4. The van der Waals surface area contributed by atoms with Gasteiger partial charge >= 0.3 is 0 Å². The molecule has 0 N–H and O–H groups in total. The predicted molar refractivity (Wildman–Crippen MR) is 186 cm³/mol. The van der Waals surface area contributed by atoms with Gasteiger partial charge in [0.25, 0.3) is 0 Å². The monoisotopic (exact) mass is 612 g/mol. The third-order valence-electron chi connectivity index (χ3n) is 8.03.